The Morgan fingerprint density at radius 1 is 1.63 bits per heavy atom. The molecule has 106 valence electrons. The van der Waals surface area contributed by atoms with Crippen molar-refractivity contribution in [1.82, 2.24) is 15.1 Å². The van der Waals surface area contributed by atoms with E-state index < -0.39 is 6.10 Å². The van der Waals surface area contributed by atoms with Crippen LogP contribution in [0.25, 0.3) is 0 Å². The van der Waals surface area contributed by atoms with Crippen LogP contribution in [0.1, 0.15) is 44.6 Å². The molecule has 19 heavy (non-hydrogen) atoms. The molecule has 1 aliphatic rings. The second kappa shape index (κ2) is 6.19. The van der Waals surface area contributed by atoms with Gasteiger partial charge in [0, 0.05) is 25.2 Å². The van der Waals surface area contributed by atoms with E-state index in [1.165, 1.54) is 5.56 Å². The molecule has 0 aromatic carbocycles. The van der Waals surface area contributed by atoms with E-state index in [2.05, 4.69) is 10.2 Å². The third kappa shape index (κ3) is 3.56. The van der Waals surface area contributed by atoms with Gasteiger partial charge in [-0.25, -0.2) is 0 Å². The number of nitrogens with zero attached hydrogens (tertiary/aromatic N) is 2. The zero-order valence-electron chi connectivity index (χ0n) is 11.7. The summed E-state index contributed by atoms with van der Waals surface area (Å²) < 4.78 is 0. The second-order valence-corrected chi connectivity index (χ2v) is 5.73. The summed E-state index contributed by atoms with van der Waals surface area (Å²) >= 11 is 0. The van der Waals surface area contributed by atoms with E-state index in [9.17, 15) is 9.90 Å². The summed E-state index contributed by atoms with van der Waals surface area (Å²) in [6.07, 6.45) is 5.54. The Morgan fingerprint density at radius 2 is 2.42 bits per heavy atom. The van der Waals surface area contributed by atoms with Crippen molar-refractivity contribution in [1.29, 1.82) is 0 Å². The number of carbonyl (C=O) groups is 1. The van der Waals surface area contributed by atoms with E-state index in [-0.39, 0.29) is 18.2 Å². The predicted octanol–water partition coefficient (Wildman–Crippen LogP) is 1.52. The van der Waals surface area contributed by atoms with Crippen LogP contribution in [0.15, 0.2) is 12.4 Å². The number of amides is 1. The van der Waals surface area contributed by atoms with Gasteiger partial charge in [-0.15, -0.1) is 0 Å². The first-order chi connectivity index (χ1) is 9.08. The molecule has 1 aliphatic heterocycles. The molecule has 1 amide bonds. The number of piperidine rings is 1. The number of rotatable bonds is 4. The number of nitrogens with one attached hydrogen (secondary N) is 1. The van der Waals surface area contributed by atoms with Gasteiger partial charge in [0.25, 0.3) is 0 Å². The fourth-order valence-corrected chi connectivity index (χ4v) is 2.50. The number of likely N-dealkylation sites (tertiary alicyclic amines) is 1. The Labute approximate surface area is 114 Å². The molecule has 2 atom stereocenters. The first-order valence-electron chi connectivity index (χ1n) is 7.02. The fourth-order valence-electron chi connectivity index (χ4n) is 2.50. The SMILES string of the molecule is CC(C)C(O)CC(=O)N1CCCC(c2cn[nH]c2)C1. The maximum Gasteiger partial charge on any atom is 0.225 e. The van der Waals surface area contributed by atoms with E-state index in [4.69, 9.17) is 0 Å². The number of aromatic amines is 1. The highest BCUT2D eigenvalue weighted by molar-refractivity contribution is 5.76. The van der Waals surface area contributed by atoms with Crippen molar-refractivity contribution in [2.45, 2.75) is 45.1 Å². The fraction of sp³-hybridized carbons (Fsp3) is 0.714. The normalized spacial score (nSPS) is 21.7. The van der Waals surface area contributed by atoms with Crippen molar-refractivity contribution in [3.05, 3.63) is 18.0 Å². The van der Waals surface area contributed by atoms with Crippen LogP contribution < -0.4 is 0 Å². The highest BCUT2D eigenvalue weighted by Gasteiger charge is 2.26. The summed E-state index contributed by atoms with van der Waals surface area (Å²) in [5, 5.41) is 16.6. The number of hydrogen-bond acceptors (Lipinski definition) is 3. The molecule has 2 rings (SSSR count). The third-order valence-corrected chi connectivity index (χ3v) is 3.92. The highest BCUT2D eigenvalue weighted by atomic mass is 16.3. The molecule has 0 spiro atoms. The lowest BCUT2D eigenvalue weighted by atomic mass is 9.92. The van der Waals surface area contributed by atoms with E-state index in [1.54, 1.807) is 0 Å². The zero-order chi connectivity index (χ0) is 13.8. The minimum atomic E-state index is -0.540. The van der Waals surface area contributed by atoms with E-state index in [0.29, 0.717) is 5.92 Å². The first-order valence-corrected chi connectivity index (χ1v) is 7.02. The molecule has 0 bridgehead atoms. The van der Waals surface area contributed by atoms with Gasteiger partial charge in [-0.1, -0.05) is 13.8 Å². The molecule has 2 N–H and O–H groups in total. The average Bonchev–Trinajstić information content (AvgIpc) is 2.92. The number of aliphatic hydroxyl groups excluding tert-OH is 1. The summed E-state index contributed by atoms with van der Waals surface area (Å²) in [7, 11) is 0. The number of H-pyrrole nitrogens is 1. The van der Waals surface area contributed by atoms with Gasteiger partial charge in [-0.3, -0.25) is 9.89 Å². The molecule has 0 radical (unpaired) electrons. The number of aliphatic hydroxyl groups is 1. The minimum Gasteiger partial charge on any atom is -0.392 e. The third-order valence-electron chi connectivity index (χ3n) is 3.92. The van der Waals surface area contributed by atoms with Gasteiger partial charge in [-0.05, 0) is 24.3 Å². The lowest BCUT2D eigenvalue weighted by molar-refractivity contribution is -0.135. The summed E-state index contributed by atoms with van der Waals surface area (Å²) in [6, 6.07) is 0. The van der Waals surface area contributed by atoms with Crippen molar-refractivity contribution < 1.29 is 9.90 Å². The van der Waals surface area contributed by atoms with Crippen molar-refractivity contribution in [3.63, 3.8) is 0 Å². The highest BCUT2D eigenvalue weighted by Crippen LogP contribution is 2.26. The van der Waals surface area contributed by atoms with Gasteiger partial charge in [0.2, 0.25) is 5.91 Å². The van der Waals surface area contributed by atoms with Gasteiger partial charge in [-0.2, -0.15) is 5.10 Å². The van der Waals surface area contributed by atoms with Crippen LogP contribution in [-0.2, 0) is 4.79 Å². The van der Waals surface area contributed by atoms with Crippen LogP contribution in [-0.4, -0.2) is 45.3 Å². The van der Waals surface area contributed by atoms with E-state index >= 15 is 0 Å². The minimum absolute atomic E-state index is 0.0643. The van der Waals surface area contributed by atoms with Gasteiger partial charge in [0.15, 0.2) is 0 Å². The molecule has 5 heteroatoms. The first kappa shape index (κ1) is 14.1. The Hall–Kier alpha value is -1.36. The Bertz CT molecular complexity index is 403. The summed E-state index contributed by atoms with van der Waals surface area (Å²) in [4.78, 5) is 14.1. The number of aromatic nitrogens is 2. The standard InChI is InChI=1S/C14H23N3O2/c1-10(2)13(18)6-14(19)17-5-3-4-11(9-17)12-7-15-16-8-12/h7-8,10-11,13,18H,3-6,9H2,1-2H3,(H,15,16). The summed E-state index contributed by atoms with van der Waals surface area (Å²) in [5.41, 5.74) is 1.17. The molecule has 1 fully saturated rings. The maximum absolute atomic E-state index is 12.2. The van der Waals surface area contributed by atoms with Crippen LogP contribution in [0.5, 0.6) is 0 Å². The molecule has 1 aromatic rings. The number of carbonyl (C=O) groups excluding carboxylic acids is 1. The molecule has 2 unspecified atom stereocenters. The van der Waals surface area contributed by atoms with Crippen LogP contribution in [0.3, 0.4) is 0 Å². The molecule has 0 aliphatic carbocycles. The summed E-state index contributed by atoms with van der Waals surface area (Å²) in [5.74, 6) is 0.556. The van der Waals surface area contributed by atoms with Gasteiger partial charge in [0.1, 0.15) is 0 Å². The summed E-state index contributed by atoms with van der Waals surface area (Å²) in [6.45, 7) is 5.41. The predicted molar refractivity (Wildman–Crippen MR) is 72.6 cm³/mol. The lowest BCUT2D eigenvalue weighted by Crippen LogP contribution is -2.40. The molecular weight excluding hydrogens is 242 g/mol. The topological polar surface area (TPSA) is 69.2 Å². The average molecular weight is 265 g/mol. The number of hydrogen-bond donors (Lipinski definition) is 2. The molecule has 0 saturated carbocycles. The van der Waals surface area contributed by atoms with Crippen molar-refractivity contribution >= 4 is 5.91 Å². The van der Waals surface area contributed by atoms with Crippen LogP contribution >= 0.6 is 0 Å². The molecule has 1 aromatic heterocycles. The largest absolute Gasteiger partial charge is 0.392 e. The Kier molecular flexibility index (Phi) is 4.58. The van der Waals surface area contributed by atoms with Crippen molar-refractivity contribution in [3.8, 4) is 0 Å². The molecule has 2 heterocycles. The van der Waals surface area contributed by atoms with Gasteiger partial charge < -0.3 is 10.0 Å². The van der Waals surface area contributed by atoms with E-state index in [0.717, 1.165) is 25.9 Å². The lowest BCUT2D eigenvalue weighted by Gasteiger charge is -2.33. The van der Waals surface area contributed by atoms with Crippen molar-refractivity contribution in [2.24, 2.45) is 5.92 Å². The van der Waals surface area contributed by atoms with E-state index in [1.807, 2.05) is 31.1 Å². The van der Waals surface area contributed by atoms with Crippen LogP contribution in [0.2, 0.25) is 0 Å². The quantitative estimate of drug-likeness (QED) is 0.867. The molecule has 5 nitrogen and oxygen atoms in total. The smallest absolute Gasteiger partial charge is 0.225 e. The van der Waals surface area contributed by atoms with Crippen LogP contribution in [0.4, 0.5) is 0 Å². The molecular formula is C14H23N3O2. The second-order valence-electron chi connectivity index (χ2n) is 5.73. The van der Waals surface area contributed by atoms with Crippen molar-refractivity contribution in [2.75, 3.05) is 13.1 Å². The zero-order valence-corrected chi connectivity index (χ0v) is 11.7. The van der Waals surface area contributed by atoms with Gasteiger partial charge in [0.05, 0.1) is 18.7 Å². The monoisotopic (exact) mass is 265 g/mol. The Morgan fingerprint density at radius 3 is 3.05 bits per heavy atom. The van der Waals surface area contributed by atoms with Gasteiger partial charge >= 0.3 is 0 Å². The Balaban J connectivity index is 1.92. The van der Waals surface area contributed by atoms with Crippen LogP contribution in [0, 0.1) is 5.92 Å². The maximum atomic E-state index is 12.2. The molecule has 1 saturated heterocycles.